The summed E-state index contributed by atoms with van der Waals surface area (Å²) in [5.41, 5.74) is -0.247. The number of anilines is 2. The minimum atomic E-state index is -4.05. The quantitative estimate of drug-likeness (QED) is 0.571. The van der Waals surface area contributed by atoms with Crippen molar-refractivity contribution in [1.82, 2.24) is 0 Å². The summed E-state index contributed by atoms with van der Waals surface area (Å²) in [4.78, 5) is 12.4. The van der Waals surface area contributed by atoms with E-state index in [4.69, 9.17) is 16.3 Å². The van der Waals surface area contributed by atoms with Crippen molar-refractivity contribution in [3.05, 3.63) is 82.9 Å². The fraction of sp³-hybridized carbons (Fsp3) is 0.0952. The molecule has 0 saturated carbocycles. The van der Waals surface area contributed by atoms with E-state index in [1.54, 1.807) is 24.3 Å². The van der Waals surface area contributed by atoms with Crippen molar-refractivity contribution < 1.29 is 26.7 Å². The summed E-state index contributed by atoms with van der Waals surface area (Å²) in [5, 5.41) is 2.14. The second kappa shape index (κ2) is 8.91. The van der Waals surface area contributed by atoms with Gasteiger partial charge in [0.05, 0.1) is 34.0 Å². The molecule has 3 aromatic carbocycles. The van der Waals surface area contributed by atoms with Gasteiger partial charge in [0.1, 0.15) is 17.4 Å². The normalized spacial score (nSPS) is 11.1. The van der Waals surface area contributed by atoms with Gasteiger partial charge in [-0.05, 0) is 54.6 Å². The maximum atomic E-state index is 13.8. The minimum absolute atomic E-state index is 0.0552. The fourth-order valence-corrected chi connectivity index (χ4v) is 4.14. The third-order valence-corrected chi connectivity index (χ3v) is 6.56. The maximum absolute atomic E-state index is 13.8. The van der Waals surface area contributed by atoms with E-state index >= 15 is 0 Å². The van der Waals surface area contributed by atoms with Crippen LogP contribution in [0, 0.1) is 11.6 Å². The highest BCUT2D eigenvalue weighted by molar-refractivity contribution is 7.92. The van der Waals surface area contributed by atoms with E-state index < -0.39 is 33.3 Å². The van der Waals surface area contributed by atoms with Crippen LogP contribution < -0.4 is 14.4 Å². The smallest absolute Gasteiger partial charge is 0.264 e. The third kappa shape index (κ3) is 4.78. The highest BCUT2D eigenvalue weighted by atomic mass is 35.5. The molecule has 0 bridgehead atoms. The van der Waals surface area contributed by atoms with Gasteiger partial charge in [0.25, 0.3) is 15.9 Å². The molecule has 0 spiro atoms. The van der Waals surface area contributed by atoms with Crippen molar-refractivity contribution in [3.63, 3.8) is 0 Å². The van der Waals surface area contributed by atoms with Crippen LogP contribution in [0.4, 0.5) is 20.2 Å². The Balaban J connectivity index is 1.93. The average Bonchev–Trinajstić information content (AvgIpc) is 2.75. The standard InChI is InChI=1S/C21H17ClF2N2O4S/c1-26(14-4-6-15(30-2)7-5-14)31(28,29)16-8-9-18(22)17(12-16)21(27)25-20-11-13(23)3-10-19(20)24/h3-12H,1-2H3,(H,25,27). The molecule has 10 heteroatoms. The van der Waals surface area contributed by atoms with Gasteiger partial charge in [0.15, 0.2) is 0 Å². The number of ether oxygens (including phenoxy) is 1. The largest absolute Gasteiger partial charge is 0.497 e. The van der Waals surface area contributed by atoms with Gasteiger partial charge in [-0.25, -0.2) is 17.2 Å². The van der Waals surface area contributed by atoms with Crippen LogP contribution >= 0.6 is 11.6 Å². The molecule has 3 aromatic rings. The number of nitrogens with one attached hydrogen (secondary N) is 1. The lowest BCUT2D eigenvalue weighted by Gasteiger charge is -2.20. The maximum Gasteiger partial charge on any atom is 0.264 e. The van der Waals surface area contributed by atoms with E-state index in [0.29, 0.717) is 11.4 Å². The Morgan fingerprint density at radius 2 is 1.71 bits per heavy atom. The molecule has 0 radical (unpaired) electrons. The Kier molecular flexibility index (Phi) is 6.47. The van der Waals surface area contributed by atoms with E-state index in [9.17, 15) is 22.0 Å². The van der Waals surface area contributed by atoms with Crippen LogP contribution in [0.1, 0.15) is 10.4 Å². The first-order valence-corrected chi connectivity index (χ1v) is 10.6. The van der Waals surface area contributed by atoms with Crippen molar-refractivity contribution in [2.75, 3.05) is 23.8 Å². The van der Waals surface area contributed by atoms with Gasteiger partial charge in [0, 0.05) is 13.1 Å². The van der Waals surface area contributed by atoms with E-state index in [0.717, 1.165) is 28.6 Å². The second-order valence-electron chi connectivity index (χ2n) is 6.39. The summed E-state index contributed by atoms with van der Waals surface area (Å²) >= 11 is 6.06. The lowest BCUT2D eigenvalue weighted by atomic mass is 10.2. The molecule has 0 saturated heterocycles. The van der Waals surface area contributed by atoms with E-state index in [1.165, 1.54) is 26.3 Å². The molecule has 0 unspecified atom stereocenters. The monoisotopic (exact) mass is 466 g/mol. The van der Waals surface area contributed by atoms with Crippen LogP contribution in [0.15, 0.2) is 65.6 Å². The van der Waals surface area contributed by atoms with Crippen molar-refractivity contribution in [2.45, 2.75) is 4.90 Å². The molecule has 3 rings (SSSR count). The highest BCUT2D eigenvalue weighted by Gasteiger charge is 2.24. The Morgan fingerprint density at radius 3 is 2.35 bits per heavy atom. The zero-order chi connectivity index (χ0) is 22.8. The van der Waals surface area contributed by atoms with Gasteiger partial charge in [-0.3, -0.25) is 9.10 Å². The number of rotatable bonds is 6. The van der Waals surface area contributed by atoms with Crippen LogP contribution in [-0.2, 0) is 10.0 Å². The molecule has 0 aliphatic heterocycles. The fourth-order valence-electron chi connectivity index (χ4n) is 2.71. The van der Waals surface area contributed by atoms with Gasteiger partial charge < -0.3 is 10.1 Å². The van der Waals surface area contributed by atoms with E-state index in [2.05, 4.69) is 5.32 Å². The first-order chi connectivity index (χ1) is 14.6. The van der Waals surface area contributed by atoms with Gasteiger partial charge in [0.2, 0.25) is 0 Å². The first-order valence-electron chi connectivity index (χ1n) is 8.82. The summed E-state index contributed by atoms with van der Waals surface area (Å²) in [6, 6.07) is 12.5. The second-order valence-corrected chi connectivity index (χ2v) is 8.77. The zero-order valence-corrected chi connectivity index (χ0v) is 18.0. The molecular formula is C21H17ClF2N2O4S. The number of halogens is 3. The molecule has 0 heterocycles. The Bertz CT molecular complexity index is 1230. The van der Waals surface area contributed by atoms with Crippen LogP contribution in [0.25, 0.3) is 0 Å². The van der Waals surface area contributed by atoms with E-state index in [1.807, 2.05) is 0 Å². The summed E-state index contributed by atoms with van der Waals surface area (Å²) < 4.78 is 59.4. The van der Waals surface area contributed by atoms with Crippen molar-refractivity contribution in [3.8, 4) is 5.75 Å². The highest BCUT2D eigenvalue weighted by Crippen LogP contribution is 2.28. The van der Waals surface area contributed by atoms with Crippen molar-refractivity contribution >= 4 is 38.9 Å². The molecule has 6 nitrogen and oxygen atoms in total. The summed E-state index contributed by atoms with van der Waals surface area (Å²) in [7, 11) is -1.21. The molecule has 0 aliphatic rings. The predicted octanol–water partition coefficient (Wildman–Crippen LogP) is 4.70. The molecule has 0 fully saturated rings. The first kappa shape index (κ1) is 22.5. The number of carbonyl (C=O) groups excluding carboxylic acids is 1. The van der Waals surface area contributed by atoms with Crippen LogP contribution in [-0.4, -0.2) is 28.5 Å². The number of benzene rings is 3. The van der Waals surface area contributed by atoms with Gasteiger partial charge in [-0.2, -0.15) is 0 Å². The van der Waals surface area contributed by atoms with Crippen LogP contribution in [0.3, 0.4) is 0 Å². The SMILES string of the molecule is COc1ccc(N(C)S(=O)(=O)c2ccc(Cl)c(C(=O)Nc3cc(F)ccc3F)c2)cc1. The van der Waals surface area contributed by atoms with Crippen molar-refractivity contribution in [2.24, 2.45) is 0 Å². The number of hydrogen-bond acceptors (Lipinski definition) is 4. The zero-order valence-electron chi connectivity index (χ0n) is 16.4. The molecule has 162 valence electrons. The summed E-state index contributed by atoms with van der Waals surface area (Å²) in [5.74, 6) is -1.93. The van der Waals surface area contributed by atoms with Gasteiger partial charge in [-0.15, -0.1) is 0 Å². The Labute approximate surface area is 183 Å². The lowest BCUT2D eigenvalue weighted by Crippen LogP contribution is -2.27. The molecular weight excluding hydrogens is 450 g/mol. The van der Waals surface area contributed by atoms with Crippen LogP contribution in [0.5, 0.6) is 5.75 Å². The molecule has 31 heavy (non-hydrogen) atoms. The van der Waals surface area contributed by atoms with Gasteiger partial charge >= 0.3 is 0 Å². The number of sulfonamides is 1. The minimum Gasteiger partial charge on any atom is -0.497 e. The molecule has 1 amide bonds. The average molecular weight is 467 g/mol. The Hall–Kier alpha value is -3.17. The van der Waals surface area contributed by atoms with Gasteiger partial charge in [-0.1, -0.05) is 11.6 Å². The lowest BCUT2D eigenvalue weighted by molar-refractivity contribution is 0.102. The number of methoxy groups -OCH3 is 1. The molecule has 0 atom stereocenters. The van der Waals surface area contributed by atoms with Crippen molar-refractivity contribution in [1.29, 1.82) is 0 Å². The summed E-state index contributed by atoms with van der Waals surface area (Å²) in [6.07, 6.45) is 0. The Morgan fingerprint density at radius 1 is 1.03 bits per heavy atom. The number of hydrogen-bond donors (Lipinski definition) is 1. The topological polar surface area (TPSA) is 75.7 Å². The summed E-state index contributed by atoms with van der Waals surface area (Å²) in [6.45, 7) is 0. The number of carbonyl (C=O) groups is 1. The number of nitrogens with zero attached hydrogens (tertiary/aromatic N) is 1. The van der Waals surface area contributed by atoms with Crippen LogP contribution in [0.2, 0.25) is 5.02 Å². The molecule has 1 N–H and O–H groups in total. The molecule has 0 aliphatic carbocycles. The predicted molar refractivity (Wildman–Crippen MR) is 114 cm³/mol. The third-order valence-electron chi connectivity index (χ3n) is 4.45. The van der Waals surface area contributed by atoms with E-state index in [-0.39, 0.29) is 15.5 Å². The number of amides is 1. The molecule has 0 aromatic heterocycles.